The summed E-state index contributed by atoms with van der Waals surface area (Å²) in [6, 6.07) is 1.61. The van der Waals surface area contributed by atoms with Crippen molar-refractivity contribution in [2.24, 2.45) is 5.92 Å². The second-order valence-corrected chi connectivity index (χ2v) is 8.39. The number of nitrogens with zero attached hydrogens (tertiary/aromatic N) is 3. The molecule has 2 atom stereocenters. The Kier molecular flexibility index (Phi) is 5.97. The minimum absolute atomic E-state index is 0.0925. The number of rotatable bonds is 3. The second-order valence-electron chi connectivity index (χ2n) is 6.61. The van der Waals surface area contributed by atoms with Crippen LogP contribution in [0.2, 0.25) is 5.28 Å². The number of hydrogen-bond acceptors (Lipinski definition) is 5. The SMILES string of the molecule is CC(C)(C)OC(=O)N1CCC[C@@H](C[S@](=O)c2ccnc(Cl)n2)C1. The van der Waals surface area contributed by atoms with Gasteiger partial charge < -0.3 is 9.64 Å². The molecule has 0 N–H and O–H groups in total. The van der Waals surface area contributed by atoms with E-state index in [-0.39, 0.29) is 17.3 Å². The average Bonchev–Trinajstić information content (AvgIpc) is 2.45. The Morgan fingerprint density at radius 2 is 2.26 bits per heavy atom. The summed E-state index contributed by atoms with van der Waals surface area (Å²) in [6.07, 6.45) is 3.00. The van der Waals surface area contributed by atoms with Gasteiger partial charge in [-0.15, -0.1) is 0 Å². The van der Waals surface area contributed by atoms with Crippen molar-refractivity contribution >= 4 is 28.5 Å². The van der Waals surface area contributed by atoms with Crippen LogP contribution in [0.3, 0.4) is 0 Å². The molecule has 1 aliphatic rings. The van der Waals surface area contributed by atoms with Crippen LogP contribution in [-0.4, -0.2) is 49.6 Å². The van der Waals surface area contributed by atoms with Crippen LogP contribution in [0.1, 0.15) is 33.6 Å². The first-order valence-corrected chi connectivity index (χ1v) is 9.29. The third-order valence-electron chi connectivity index (χ3n) is 3.39. The van der Waals surface area contributed by atoms with Crippen LogP contribution in [0.4, 0.5) is 4.79 Å². The Bertz CT molecular complexity index is 592. The Balaban J connectivity index is 1.93. The van der Waals surface area contributed by atoms with Gasteiger partial charge in [0.05, 0.1) is 10.8 Å². The normalized spacial score (nSPS) is 20.2. The summed E-state index contributed by atoms with van der Waals surface area (Å²) in [5, 5.41) is 0.522. The fourth-order valence-electron chi connectivity index (χ4n) is 2.44. The highest BCUT2D eigenvalue weighted by Gasteiger charge is 2.28. The van der Waals surface area contributed by atoms with Crippen LogP contribution in [0, 0.1) is 5.92 Å². The fraction of sp³-hybridized carbons (Fsp3) is 0.667. The molecule has 1 aromatic rings. The lowest BCUT2D eigenvalue weighted by Gasteiger charge is -2.33. The molecule has 0 saturated carbocycles. The van der Waals surface area contributed by atoms with Crippen molar-refractivity contribution in [2.45, 2.75) is 44.2 Å². The van der Waals surface area contributed by atoms with Gasteiger partial charge in [-0.1, -0.05) is 0 Å². The van der Waals surface area contributed by atoms with Crippen LogP contribution in [0.5, 0.6) is 0 Å². The molecule has 1 fully saturated rings. The molecule has 1 aromatic heterocycles. The Morgan fingerprint density at radius 1 is 1.52 bits per heavy atom. The topological polar surface area (TPSA) is 72.4 Å². The van der Waals surface area contributed by atoms with Gasteiger partial charge in [-0.25, -0.2) is 14.8 Å². The third-order valence-corrected chi connectivity index (χ3v) is 5.04. The predicted octanol–water partition coefficient (Wildman–Crippen LogP) is 2.88. The van der Waals surface area contributed by atoms with E-state index >= 15 is 0 Å². The third kappa shape index (κ3) is 5.73. The van der Waals surface area contributed by atoms with E-state index in [1.54, 1.807) is 11.0 Å². The van der Waals surface area contributed by atoms with Gasteiger partial charge in [0.2, 0.25) is 5.28 Å². The van der Waals surface area contributed by atoms with Gasteiger partial charge in [0, 0.05) is 25.0 Å². The highest BCUT2D eigenvalue weighted by Crippen LogP contribution is 2.21. The monoisotopic (exact) mass is 359 g/mol. The van der Waals surface area contributed by atoms with E-state index in [0.717, 1.165) is 12.8 Å². The van der Waals surface area contributed by atoms with Crippen molar-refractivity contribution < 1.29 is 13.7 Å². The van der Waals surface area contributed by atoms with Gasteiger partial charge in [0.15, 0.2) is 0 Å². The standard InChI is InChI=1S/C15H22ClN3O3S/c1-15(2,3)22-14(20)19-8-4-5-11(9-19)10-23(21)12-6-7-17-13(16)18-12/h6-7,11H,4-5,8-10H2,1-3H3/t11-,23+/m1/s1. The molecule has 2 rings (SSSR count). The molecule has 1 aliphatic heterocycles. The summed E-state index contributed by atoms with van der Waals surface area (Å²) in [5.74, 6) is 0.609. The van der Waals surface area contributed by atoms with Crippen molar-refractivity contribution in [1.29, 1.82) is 0 Å². The van der Waals surface area contributed by atoms with Gasteiger partial charge >= 0.3 is 6.09 Å². The number of amides is 1. The van der Waals surface area contributed by atoms with E-state index < -0.39 is 16.4 Å². The van der Waals surface area contributed by atoms with Crippen molar-refractivity contribution in [3.05, 3.63) is 17.5 Å². The van der Waals surface area contributed by atoms with E-state index in [1.165, 1.54) is 6.20 Å². The molecule has 0 aromatic carbocycles. The zero-order valence-corrected chi connectivity index (χ0v) is 15.2. The first-order chi connectivity index (χ1) is 10.7. The minimum atomic E-state index is -1.25. The van der Waals surface area contributed by atoms with Gasteiger partial charge in [-0.05, 0) is 57.2 Å². The minimum Gasteiger partial charge on any atom is -0.444 e. The first kappa shape index (κ1) is 18.1. The van der Waals surface area contributed by atoms with Crippen LogP contribution < -0.4 is 0 Å². The number of hydrogen-bond donors (Lipinski definition) is 0. The van der Waals surface area contributed by atoms with E-state index in [0.29, 0.717) is 23.9 Å². The van der Waals surface area contributed by atoms with E-state index in [9.17, 15) is 9.00 Å². The molecular formula is C15H22ClN3O3S. The highest BCUT2D eigenvalue weighted by atomic mass is 35.5. The number of halogens is 1. The summed E-state index contributed by atoms with van der Waals surface area (Å²) in [4.78, 5) is 21.6. The molecule has 0 unspecified atom stereocenters. The number of ether oxygens (including phenoxy) is 1. The van der Waals surface area contributed by atoms with Crippen LogP contribution in [0.25, 0.3) is 0 Å². The van der Waals surface area contributed by atoms with E-state index in [2.05, 4.69) is 9.97 Å². The lowest BCUT2D eigenvalue weighted by Crippen LogP contribution is -2.44. The molecule has 0 spiro atoms. The van der Waals surface area contributed by atoms with E-state index in [4.69, 9.17) is 16.3 Å². The van der Waals surface area contributed by atoms with E-state index in [1.807, 2.05) is 20.8 Å². The van der Waals surface area contributed by atoms with Crippen molar-refractivity contribution in [1.82, 2.24) is 14.9 Å². The van der Waals surface area contributed by atoms with Gasteiger partial charge in [0.25, 0.3) is 0 Å². The predicted molar refractivity (Wildman–Crippen MR) is 88.8 cm³/mol. The fourth-order valence-corrected chi connectivity index (χ4v) is 3.91. The Hall–Kier alpha value is -1.21. The molecule has 6 nitrogen and oxygen atoms in total. The highest BCUT2D eigenvalue weighted by molar-refractivity contribution is 7.84. The smallest absolute Gasteiger partial charge is 0.410 e. The molecule has 2 heterocycles. The maximum absolute atomic E-state index is 12.4. The van der Waals surface area contributed by atoms with Gasteiger partial charge in [0.1, 0.15) is 10.6 Å². The average molecular weight is 360 g/mol. The summed E-state index contributed by atoms with van der Waals surface area (Å²) in [7, 11) is -1.25. The van der Waals surface area contributed by atoms with Crippen LogP contribution in [-0.2, 0) is 15.5 Å². The maximum Gasteiger partial charge on any atom is 0.410 e. The molecule has 23 heavy (non-hydrogen) atoms. The summed E-state index contributed by atoms with van der Waals surface area (Å²) in [6.45, 7) is 6.78. The number of aromatic nitrogens is 2. The molecule has 8 heteroatoms. The number of carbonyl (C=O) groups is 1. The zero-order valence-electron chi connectivity index (χ0n) is 13.6. The van der Waals surface area contributed by atoms with Gasteiger partial charge in [-0.3, -0.25) is 4.21 Å². The lowest BCUT2D eigenvalue weighted by atomic mass is 10.0. The summed E-state index contributed by atoms with van der Waals surface area (Å²) >= 11 is 5.73. The molecule has 128 valence electrons. The van der Waals surface area contributed by atoms with Crippen molar-refractivity contribution in [3.63, 3.8) is 0 Å². The van der Waals surface area contributed by atoms with Gasteiger partial charge in [-0.2, -0.15) is 0 Å². The second kappa shape index (κ2) is 7.57. The van der Waals surface area contributed by atoms with Crippen LogP contribution >= 0.6 is 11.6 Å². The molecule has 0 aliphatic carbocycles. The molecule has 1 saturated heterocycles. The Morgan fingerprint density at radius 3 is 2.91 bits per heavy atom. The quantitative estimate of drug-likeness (QED) is 0.613. The number of carbonyl (C=O) groups excluding carboxylic acids is 1. The first-order valence-electron chi connectivity index (χ1n) is 7.59. The zero-order chi connectivity index (χ0) is 17.0. The summed E-state index contributed by atoms with van der Waals surface area (Å²) in [5.41, 5.74) is -0.509. The van der Waals surface area contributed by atoms with Crippen molar-refractivity contribution in [2.75, 3.05) is 18.8 Å². The number of likely N-dealkylation sites (tertiary alicyclic amines) is 1. The Labute approximate surface area is 144 Å². The largest absolute Gasteiger partial charge is 0.444 e. The molecular weight excluding hydrogens is 338 g/mol. The summed E-state index contributed by atoms with van der Waals surface area (Å²) < 4.78 is 17.8. The molecule has 1 amide bonds. The molecule has 0 bridgehead atoms. The lowest BCUT2D eigenvalue weighted by molar-refractivity contribution is 0.0176. The van der Waals surface area contributed by atoms with Crippen LogP contribution in [0.15, 0.2) is 17.3 Å². The maximum atomic E-state index is 12.4. The van der Waals surface area contributed by atoms with Crippen molar-refractivity contribution in [3.8, 4) is 0 Å². The number of piperidine rings is 1. The molecule has 0 radical (unpaired) electrons.